The molecule has 0 bridgehead atoms. The summed E-state index contributed by atoms with van der Waals surface area (Å²) in [4.78, 5) is 18.5. The van der Waals surface area contributed by atoms with Gasteiger partial charge in [0.25, 0.3) is 0 Å². The van der Waals surface area contributed by atoms with Gasteiger partial charge in [0, 0.05) is 56.5 Å². The van der Waals surface area contributed by atoms with Crippen molar-refractivity contribution in [1.82, 2.24) is 15.2 Å². The molecule has 2 aromatic rings. The molecule has 0 saturated carbocycles. The molecule has 1 N–H and O–H groups in total. The van der Waals surface area contributed by atoms with Gasteiger partial charge in [-0.25, -0.2) is 0 Å². The van der Waals surface area contributed by atoms with E-state index in [4.69, 9.17) is 9.47 Å². The van der Waals surface area contributed by atoms with E-state index in [1.807, 2.05) is 48.2 Å². The fraction of sp³-hybridized carbons (Fsp3) is 0.440. The van der Waals surface area contributed by atoms with Crippen LogP contribution >= 0.6 is 0 Å². The number of hydrogen-bond donors (Lipinski definition) is 1. The fourth-order valence-electron chi connectivity index (χ4n) is 4.34. The molecule has 33 heavy (non-hydrogen) atoms. The summed E-state index contributed by atoms with van der Waals surface area (Å²) in [6.45, 7) is 7.99. The predicted octanol–water partition coefficient (Wildman–Crippen LogP) is 2.55. The summed E-state index contributed by atoms with van der Waals surface area (Å²) in [6, 6.07) is 16.2. The maximum absolute atomic E-state index is 11.7. The quantitative estimate of drug-likeness (QED) is 0.557. The zero-order valence-corrected chi connectivity index (χ0v) is 19.4. The Morgan fingerprint density at radius 2 is 1.94 bits per heavy atom. The van der Waals surface area contributed by atoms with Crippen LogP contribution in [0.1, 0.15) is 18.9 Å². The van der Waals surface area contributed by atoms with E-state index in [9.17, 15) is 4.79 Å². The smallest absolute Gasteiger partial charge is 0.173 e. The summed E-state index contributed by atoms with van der Waals surface area (Å²) in [5.74, 6) is 2.65. The molecule has 2 heterocycles. The lowest BCUT2D eigenvalue weighted by atomic mass is 10.1. The molecule has 8 heteroatoms. The van der Waals surface area contributed by atoms with E-state index in [1.54, 1.807) is 7.11 Å². The van der Waals surface area contributed by atoms with Crippen molar-refractivity contribution >= 4 is 17.8 Å². The van der Waals surface area contributed by atoms with Crippen LogP contribution in [0.15, 0.2) is 53.6 Å². The topological polar surface area (TPSA) is 69.6 Å². The third-order valence-electron chi connectivity index (χ3n) is 6.18. The Morgan fingerprint density at radius 1 is 1.12 bits per heavy atom. The van der Waals surface area contributed by atoms with Crippen LogP contribution in [0.3, 0.4) is 0 Å². The van der Waals surface area contributed by atoms with Crippen LogP contribution in [0.5, 0.6) is 11.5 Å². The number of hydrazone groups is 1. The summed E-state index contributed by atoms with van der Waals surface area (Å²) < 4.78 is 11.1. The van der Waals surface area contributed by atoms with Gasteiger partial charge in [-0.2, -0.15) is 5.10 Å². The van der Waals surface area contributed by atoms with Crippen molar-refractivity contribution < 1.29 is 14.3 Å². The first kappa shape index (κ1) is 22.9. The summed E-state index contributed by atoms with van der Waals surface area (Å²) >= 11 is 0. The number of hydrogen-bond acceptors (Lipinski definition) is 8. The van der Waals surface area contributed by atoms with Crippen molar-refractivity contribution in [3.63, 3.8) is 0 Å². The van der Waals surface area contributed by atoms with Crippen molar-refractivity contribution in [1.29, 1.82) is 0 Å². The number of nitrogens with zero attached hydrogens (tertiary/aromatic N) is 4. The van der Waals surface area contributed by atoms with Gasteiger partial charge in [0.05, 0.1) is 20.3 Å². The zero-order chi connectivity index (χ0) is 23.0. The highest BCUT2D eigenvalue weighted by molar-refractivity contribution is 5.87. The first-order valence-electron chi connectivity index (χ1n) is 11.6. The van der Waals surface area contributed by atoms with E-state index >= 15 is 0 Å². The van der Waals surface area contributed by atoms with Crippen LogP contribution in [-0.4, -0.2) is 74.5 Å². The number of anilines is 1. The molecule has 0 spiro atoms. The number of piperazine rings is 1. The maximum atomic E-state index is 11.7. The van der Waals surface area contributed by atoms with E-state index in [0.717, 1.165) is 68.3 Å². The number of carbonyl (C=O) groups is 1. The third-order valence-corrected chi connectivity index (χ3v) is 6.18. The number of nitrogens with one attached hydrogen (secondary N) is 1. The standard InChI is InChI=1S/C25H33N5O3/c1-3-33-23-10-5-4-7-20(23)18-30-24(26-27-25(30)19-31)11-12-28-13-15-29(16-14-28)21-8-6-9-22(17-21)32-2/h4-10,17,19,25,27H,3,11-16,18H2,1-2H3. The largest absolute Gasteiger partial charge is 0.497 e. The molecular formula is C25H33N5O3. The van der Waals surface area contributed by atoms with Gasteiger partial charge >= 0.3 is 0 Å². The van der Waals surface area contributed by atoms with Gasteiger partial charge < -0.3 is 19.3 Å². The molecule has 0 aromatic heterocycles. The minimum atomic E-state index is -0.445. The molecule has 8 nitrogen and oxygen atoms in total. The Hall–Kier alpha value is -3.26. The highest BCUT2D eigenvalue weighted by Crippen LogP contribution is 2.24. The van der Waals surface area contributed by atoms with E-state index in [1.165, 1.54) is 5.69 Å². The fourth-order valence-corrected chi connectivity index (χ4v) is 4.34. The van der Waals surface area contributed by atoms with Gasteiger partial charge in [-0.05, 0) is 25.1 Å². The molecule has 176 valence electrons. The SMILES string of the molecule is CCOc1ccccc1CN1C(CCN2CCN(c3cccc(OC)c3)CC2)=NNC1C=O. The second kappa shape index (κ2) is 11.0. The van der Waals surface area contributed by atoms with E-state index in [0.29, 0.717) is 13.2 Å². The number of amidine groups is 1. The lowest BCUT2D eigenvalue weighted by Crippen LogP contribution is -2.47. The molecule has 1 fully saturated rings. The van der Waals surface area contributed by atoms with Crippen LogP contribution in [0.2, 0.25) is 0 Å². The van der Waals surface area contributed by atoms with E-state index < -0.39 is 6.17 Å². The van der Waals surface area contributed by atoms with Gasteiger partial charge in [0.1, 0.15) is 17.3 Å². The first-order valence-corrected chi connectivity index (χ1v) is 11.6. The summed E-state index contributed by atoms with van der Waals surface area (Å²) in [5, 5.41) is 4.48. The van der Waals surface area contributed by atoms with Crippen LogP contribution in [0.4, 0.5) is 5.69 Å². The highest BCUT2D eigenvalue weighted by atomic mass is 16.5. The van der Waals surface area contributed by atoms with Crippen LogP contribution in [-0.2, 0) is 11.3 Å². The van der Waals surface area contributed by atoms with Gasteiger partial charge in [0.2, 0.25) is 0 Å². The summed E-state index contributed by atoms with van der Waals surface area (Å²) in [6.07, 6.45) is 1.25. The lowest BCUT2D eigenvalue weighted by molar-refractivity contribution is -0.111. The second-order valence-electron chi connectivity index (χ2n) is 8.19. The second-order valence-corrected chi connectivity index (χ2v) is 8.19. The number of aldehydes is 1. The average Bonchev–Trinajstić information content (AvgIpc) is 3.26. The predicted molar refractivity (Wildman–Crippen MR) is 130 cm³/mol. The molecule has 0 radical (unpaired) electrons. The van der Waals surface area contributed by atoms with Crippen LogP contribution in [0, 0.1) is 0 Å². The Kier molecular flexibility index (Phi) is 7.67. The number of ether oxygens (including phenoxy) is 2. The maximum Gasteiger partial charge on any atom is 0.173 e. The van der Waals surface area contributed by atoms with Gasteiger partial charge in [-0.15, -0.1) is 0 Å². The Morgan fingerprint density at radius 3 is 2.70 bits per heavy atom. The zero-order valence-electron chi connectivity index (χ0n) is 19.4. The van der Waals surface area contributed by atoms with E-state index in [2.05, 4.69) is 32.5 Å². The van der Waals surface area contributed by atoms with E-state index in [-0.39, 0.29) is 0 Å². The van der Waals surface area contributed by atoms with Gasteiger partial charge in [-0.3, -0.25) is 15.1 Å². The van der Waals surface area contributed by atoms with Crippen LogP contribution in [0.25, 0.3) is 0 Å². The van der Waals surface area contributed by atoms with Crippen molar-refractivity contribution in [3.8, 4) is 11.5 Å². The van der Waals surface area contributed by atoms with Crippen molar-refractivity contribution in [2.24, 2.45) is 5.10 Å². The minimum Gasteiger partial charge on any atom is -0.497 e. The Balaban J connectivity index is 1.32. The average molecular weight is 452 g/mol. The summed E-state index contributed by atoms with van der Waals surface area (Å²) in [7, 11) is 1.70. The highest BCUT2D eigenvalue weighted by Gasteiger charge is 2.28. The number of benzene rings is 2. The molecule has 1 atom stereocenters. The molecule has 2 aliphatic heterocycles. The molecule has 2 aromatic carbocycles. The molecule has 2 aliphatic rings. The van der Waals surface area contributed by atoms with Gasteiger partial charge in [-0.1, -0.05) is 24.3 Å². The molecule has 1 unspecified atom stereocenters. The molecular weight excluding hydrogens is 418 g/mol. The number of carbonyl (C=O) groups excluding carboxylic acids is 1. The molecule has 4 rings (SSSR count). The Labute approximate surface area is 195 Å². The Bertz CT molecular complexity index is 959. The number of para-hydroxylation sites is 1. The summed E-state index contributed by atoms with van der Waals surface area (Å²) in [5.41, 5.74) is 5.22. The third kappa shape index (κ3) is 5.57. The lowest BCUT2D eigenvalue weighted by Gasteiger charge is -2.36. The van der Waals surface area contributed by atoms with Crippen molar-refractivity contribution in [2.75, 3.05) is 51.3 Å². The number of methoxy groups -OCH3 is 1. The molecule has 1 saturated heterocycles. The van der Waals surface area contributed by atoms with Gasteiger partial charge in [0.15, 0.2) is 12.5 Å². The minimum absolute atomic E-state index is 0.445. The first-order chi connectivity index (χ1) is 16.2. The van der Waals surface area contributed by atoms with Crippen molar-refractivity contribution in [2.45, 2.75) is 26.1 Å². The van der Waals surface area contributed by atoms with Crippen molar-refractivity contribution in [3.05, 3.63) is 54.1 Å². The molecule has 0 amide bonds. The monoisotopic (exact) mass is 451 g/mol. The number of rotatable bonds is 10. The normalized spacial score (nSPS) is 18.6. The van der Waals surface area contributed by atoms with Crippen LogP contribution < -0.4 is 19.8 Å². The molecule has 0 aliphatic carbocycles.